The van der Waals surface area contributed by atoms with Crippen LogP contribution in [0.4, 0.5) is 0 Å². The molecule has 4 nitrogen and oxygen atoms in total. The second-order valence-corrected chi connectivity index (χ2v) is 3.13. The topological polar surface area (TPSA) is 64.4 Å². The van der Waals surface area contributed by atoms with Gasteiger partial charge < -0.3 is 5.73 Å². The predicted octanol–water partition coefficient (Wildman–Crippen LogP) is 0.276. The molecule has 0 bridgehead atoms. The van der Waals surface area contributed by atoms with Crippen LogP contribution >= 0.6 is 11.6 Å². The third-order valence-electron chi connectivity index (χ3n) is 1.65. The first kappa shape index (κ1) is 9.51. The maximum absolute atomic E-state index is 10.8. The Balaban J connectivity index is 2.37. The molecule has 0 spiro atoms. The van der Waals surface area contributed by atoms with E-state index in [1.165, 1.54) is 6.92 Å². The van der Waals surface area contributed by atoms with Crippen molar-refractivity contribution in [3.8, 4) is 0 Å². The predicted molar refractivity (Wildman–Crippen MR) is 45.2 cm³/mol. The highest BCUT2D eigenvalue weighted by Crippen LogP contribution is 2.13. The molecule has 0 aromatic carbocycles. The van der Waals surface area contributed by atoms with Gasteiger partial charge in [-0.2, -0.15) is 0 Å². The lowest BCUT2D eigenvalue weighted by molar-refractivity contribution is -0.119. The van der Waals surface area contributed by atoms with Crippen LogP contribution in [0, 0.1) is 0 Å². The molecular formula is C7H11ClN2O2. The van der Waals surface area contributed by atoms with Gasteiger partial charge in [0.1, 0.15) is 17.0 Å². The van der Waals surface area contributed by atoms with Crippen LogP contribution in [0.1, 0.15) is 13.3 Å². The molecule has 0 saturated heterocycles. The van der Waals surface area contributed by atoms with Crippen molar-refractivity contribution in [1.82, 2.24) is 5.48 Å². The van der Waals surface area contributed by atoms with Gasteiger partial charge in [-0.1, -0.05) is 11.6 Å². The van der Waals surface area contributed by atoms with Gasteiger partial charge in [0, 0.05) is 6.42 Å². The minimum Gasteiger partial charge on any atom is -0.321 e. The third kappa shape index (κ3) is 2.48. The van der Waals surface area contributed by atoms with E-state index in [0.717, 1.165) is 0 Å². The Morgan fingerprint density at radius 1 is 2.00 bits per heavy atom. The Morgan fingerprint density at radius 3 is 3.08 bits per heavy atom. The van der Waals surface area contributed by atoms with Gasteiger partial charge in [0.05, 0.1) is 6.04 Å². The van der Waals surface area contributed by atoms with Crippen LogP contribution < -0.4 is 11.2 Å². The highest BCUT2D eigenvalue weighted by molar-refractivity contribution is 6.29. The number of carbonyl (C=O) groups excluding carboxylic acids is 1. The SMILES string of the molecule is CC(=O)C(N)CC1C=C(Cl)NO1. The summed E-state index contributed by atoms with van der Waals surface area (Å²) in [6.07, 6.45) is 1.94. The number of Topliss-reactive ketones (excluding diaryl/α,β-unsaturated/α-hetero) is 1. The minimum absolute atomic E-state index is 0.0463. The molecule has 1 rings (SSSR count). The van der Waals surface area contributed by atoms with E-state index in [1.54, 1.807) is 6.08 Å². The van der Waals surface area contributed by atoms with Gasteiger partial charge >= 0.3 is 0 Å². The molecule has 0 amide bonds. The molecule has 0 aromatic heterocycles. The van der Waals surface area contributed by atoms with Crippen molar-refractivity contribution in [2.45, 2.75) is 25.5 Å². The van der Waals surface area contributed by atoms with E-state index in [0.29, 0.717) is 11.6 Å². The first-order valence-corrected chi connectivity index (χ1v) is 4.02. The first-order chi connectivity index (χ1) is 5.59. The molecule has 2 atom stereocenters. The van der Waals surface area contributed by atoms with Crippen molar-refractivity contribution in [3.63, 3.8) is 0 Å². The van der Waals surface area contributed by atoms with E-state index in [9.17, 15) is 4.79 Å². The Labute approximate surface area is 75.7 Å². The smallest absolute Gasteiger partial charge is 0.146 e. The van der Waals surface area contributed by atoms with Crippen LogP contribution in [0.25, 0.3) is 0 Å². The molecule has 0 aliphatic carbocycles. The number of nitrogens with two attached hydrogens (primary N) is 1. The maximum atomic E-state index is 10.8. The summed E-state index contributed by atoms with van der Waals surface area (Å²) in [7, 11) is 0. The quantitative estimate of drug-likeness (QED) is 0.628. The number of halogens is 1. The lowest BCUT2D eigenvalue weighted by atomic mass is 10.1. The van der Waals surface area contributed by atoms with E-state index in [-0.39, 0.29) is 11.9 Å². The number of nitrogens with one attached hydrogen (secondary N) is 1. The van der Waals surface area contributed by atoms with Crippen LogP contribution in [0.3, 0.4) is 0 Å². The number of hydrogen-bond acceptors (Lipinski definition) is 4. The van der Waals surface area contributed by atoms with E-state index in [1.807, 2.05) is 0 Å². The average Bonchev–Trinajstić information content (AvgIpc) is 2.35. The second-order valence-electron chi connectivity index (χ2n) is 2.73. The molecule has 3 N–H and O–H groups in total. The van der Waals surface area contributed by atoms with Crippen LogP contribution in [-0.2, 0) is 9.63 Å². The molecule has 5 heteroatoms. The molecule has 0 saturated carbocycles. The van der Waals surface area contributed by atoms with Gasteiger partial charge in [-0.3, -0.25) is 15.1 Å². The molecule has 0 aromatic rings. The van der Waals surface area contributed by atoms with E-state index in [4.69, 9.17) is 22.2 Å². The summed E-state index contributed by atoms with van der Waals surface area (Å²) >= 11 is 5.57. The van der Waals surface area contributed by atoms with Crippen molar-refractivity contribution in [3.05, 3.63) is 11.2 Å². The van der Waals surface area contributed by atoms with Crippen molar-refractivity contribution in [2.24, 2.45) is 5.73 Å². The van der Waals surface area contributed by atoms with Crippen LogP contribution in [0.5, 0.6) is 0 Å². The number of carbonyl (C=O) groups is 1. The van der Waals surface area contributed by atoms with Gasteiger partial charge in [0.25, 0.3) is 0 Å². The number of hydroxylamine groups is 1. The number of rotatable bonds is 3. The fourth-order valence-corrected chi connectivity index (χ4v) is 1.08. The van der Waals surface area contributed by atoms with Crippen LogP contribution in [-0.4, -0.2) is 17.9 Å². The third-order valence-corrected chi connectivity index (χ3v) is 1.85. The fraction of sp³-hybridized carbons (Fsp3) is 0.571. The molecule has 2 unspecified atom stereocenters. The lowest BCUT2D eigenvalue weighted by Gasteiger charge is -2.10. The molecule has 12 heavy (non-hydrogen) atoms. The largest absolute Gasteiger partial charge is 0.321 e. The molecule has 1 aliphatic heterocycles. The fourth-order valence-electron chi connectivity index (χ4n) is 0.896. The van der Waals surface area contributed by atoms with E-state index in [2.05, 4.69) is 5.48 Å². The zero-order valence-electron chi connectivity index (χ0n) is 6.71. The number of ketones is 1. The summed E-state index contributed by atoms with van der Waals surface area (Å²) in [4.78, 5) is 15.7. The van der Waals surface area contributed by atoms with Crippen LogP contribution in [0.15, 0.2) is 11.2 Å². The second kappa shape index (κ2) is 3.89. The summed E-state index contributed by atoms with van der Waals surface area (Å²) in [6, 6.07) is -0.476. The normalized spacial score (nSPS) is 24.6. The summed E-state index contributed by atoms with van der Waals surface area (Å²) in [5.74, 6) is -0.0463. The highest BCUT2D eigenvalue weighted by Gasteiger charge is 2.20. The van der Waals surface area contributed by atoms with Crippen LogP contribution in [0.2, 0.25) is 0 Å². The standard InChI is InChI=1S/C7H11ClN2O2/c1-4(11)6(9)2-5-3-7(8)10-12-5/h3,5-6,10H,2,9H2,1H3. The molecule has 1 heterocycles. The molecule has 0 fully saturated rings. The van der Waals surface area contributed by atoms with Crippen molar-refractivity contribution >= 4 is 17.4 Å². The van der Waals surface area contributed by atoms with Crippen molar-refractivity contribution < 1.29 is 9.63 Å². The first-order valence-electron chi connectivity index (χ1n) is 3.64. The van der Waals surface area contributed by atoms with Gasteiger partial charge in [0.15, 0.2) is 0 Å². The summed E-state index contributed by atoms with van der Waals surface area (Å²) in [6.45, 7) is 1.46. The average molecular weight is 191 g/mol. The Kier molecular flexibility index (Phi) is 3.08. The summed E-state index contributed by atoms with van der Waals surface area (Å²) in [5, 5.41) is 0.441. The molecule has 0 radical (unpaired) electrons. The Morgan fingerprint density at radius 2 is 2.67 bits per heavy atom. The maximum Gasteiger partial charge on any atom is 0.146 e. The number of hydrogen-bond donors (Lipinski definition) is 2. The lowest BCUT2D eigenvalue weighted by Crippen LogP contribution is -2.32. The molecule has 1 aliphatic rings. The van der Waals surface area contributed by atoms with E-state index < -0.39 is 6.04 Å². The minimum atomic E-state index is -0.476. The Hall–Kier alpha value is -0.580. The molecular weight excluding hydrogens is 180 g/mol. The highest BCUT2D eigenvalue weighted by atomic mass is 35.5. The monoisotopic (exact) mass is 190 g/mol. The summed E-state index contributed by atoms with van der Waals surface area (Å²) < 4.78 is 0. The zero-order chi connectivity index (χ0) is 9.14. The van der Waals surface area contributed by atoms with E-state index >= 15 is 0 Å². The van der Waals surface area contributed by atoms with Gasteiger partial charge in [-0.25, -0.2) is 0 Å². The molecule has 68 valence electrons. The van der Waals surface area contributed by atoms with Gasteiger partial charge in [-0.05, 0) is 13.0 Å². The van der Waals surface area contributed by atoms with Gasteiger partial charge in [0.2, 0.25) is 0 Å². The van der Waals surface area contributed by atoms with Crippen molar-refractivity contribution in [1.29, 1.82) is 0 Å². The van der Waals surface area contributed by atoms with Crippen molar-refractivity contribution in [2.75, 3.05) is 0 Å². The Bertz CT molecular complexity index is 217. The van der Waals surface area contributed by atoms with Gasteiger partial charge in [-0.15, -0.1) is 0 Å². The zero-order valence-corrected chi connectivity index (χ0v) is 7.47. The summed E-state index contributed by atoms with van der Waals surface area (Å²) in [5.41, 5.74) is 7.99.